The summed E-state index contributed by atoms with van der Waals surface area (Å²) in [6, 6.07) is 4.39. The van der Waals surface area contributed by atoms with Crippen molar-refractivity contribution < 1.29 is 14.6 Å². The van der Waals surface area contributed by atoms with Gasteiger partial charge in [0.1, 0.15) is 5.82 Å². The number of ether oxygens (including phenoxy) is 1. The minimum absolute atomic E-state index is 0.233. The van der Waals surface area contributed by atoms with Gasteiger partial charge in [0.15, 0.2) is 0 Å². The van der Waals surface area contributed by atoms with Gasteiger partial charge in [0, 0.05) is 31.8 Å². The Balaban J connectivity index is 1.69. The molecule has 1 aromatic rings. The van der Waals surface area contributed by atoms with E-state index in [1.165, 1.54) is 24.8 Å². The van der Waals surface area contributed by atoms with E-state index in [2.05, 4.69) is 36.2 Å². The number of carbonyl (C=O) groups is 1. The van der Waals surface area contributed by atoms with Gasteiger partial charge in [-0.25, -0.2) is 4.98 Å². The molecule has 2 heterocycles. The fourth-order valence-corrected chi connectivity index (χ4v) is 3.99. The summed E-state index contributed by atoms with van der Waals surface area (Å²) in [5, 5.41) is 12.3. The van der Waals surface area contributed by atoms with Gasteiger partial charge in [0.25, 0.3) is 0 Å². The van der Waals surface area contributed by atoms with Gasteiger partial charge in [-0.3, -0.25) is 4.79 Å². The molecule has 1 aliphatic rings. The van der Waals surface area contributed by atoms with E-state index in [9.17, 15) is 4.79 Å². The fourth-order valence-electron chi connectivity index (χ4n) is 3.99. The van der Waals surface area contributed by atoms with Gasteiger partial charge in [0.2, 0.25) is 0 Å². The molecule has 0 bridgehead atoms. The Bertz CT molecular complexity index is 624. The highest BCUT2D eigenvalue weighted by Gasteiger charge is 2.11. The quantitative estimate of drug-likeness (QED) is 0.387. The number of aliphatic carboxylic acids is 1. The largest absolute Gasteiger partial charge is 0.481 e. The Hall–Kier alpha value is -1.66. The monoisotopic (exact) mass is 419 g/mol. The van der Waals surface area contributed by atoms with Crippen molar-refractivity contribution in [2.24, 2.45) is 5.92 Å². The number of carboxylic acids is 1. The Labute approximate surface area is 182 Å². The molecular formula is C24H41N3O3. The molecule has 0 saturated carbocycles. The molecule has 0 saturated heterocycles. The lowest BCUT2D eigenvalue weighted by Gasteiger charge is -2.22. The molecule has 2 N–H and O–H groups in total. The minimum atomic E-state index is -0.716. The number of nitrogens with zero attached hydrogens (tertiary/aromatic N) is 2. The molecule has 0 aliphatic carbocycles. The number of unbranched alkanes of at least 4 members (excludes halogenated alkanes) is 1. The lowest BCUT2D eigenvalue weighted by molar-refractivity contribution is -0.137. The van der Waals surface area contributed by atoms with Crippen LogP contribution in [0.3, 0.4) is 0 Å². The van der Waals surface area contributed by atoms with Crippen LogP contribution in [-0.2, 0) is 22.4 Å². The van der Waals surface area contributed by atoms with Crippen LogP contribution in [0.1, 0.15) is 70.1 Å². The Kier molecular flexibility index (Phi) is 11.8. The van der Waals surface area contributed by atoms with E-state index < -0.39 is 5.97 Å². The van der Waals surface area contributed by atoms with Crippen molar-refractivity contribution in [2.75, 3.05) is 44.7 Å². The smallest absolute Gasteiger partial charge is 0.303 e. The molecule has 170 valence electrons. The standard InChI is InChI=1S/C24H41N3O3/c1-3-8-20(2)19-30-18-17-27(16-7-11-23(28)29)15-5-4-10-22-13-12-21-9-6-14-25-24(21)26-22/h12-13,20H,3-11,14-19H2,1-2H3,(H,25,26)(H,28,29). The molecule has 0 spiro atoms. The number of fused-ring (bicyclic) bond motifs is 1. The number of hydrogen-bond acceptors (Lipinski definition) is 5. The topological polar surface area (TPSA) is 74.7 Å². The predicted molar refractivity (Wildman–Crippen MR) is 122 cm³/mol. The van der Waals surface area contributed by atoms with E-state index in [0.717, 1.165) is 76.6 Å². The SMILES string of the molecule is CCCC(C)COCCN(CCCCc1ccc2c(n1)NCCC2)CCCC(=O)O. The van der Waals surface area contributed by atoms with Crippen molar-refractivity contribution in [1.82, 2.24) is 9.88 Å². The van der Waals surface area contributed by atoms with Gasteiger partial charge in [-0.1, -0.05) is 26.3 Å². The lowest BCUT2D eigenvalue weighted by atomic mass is 10.1. The van der Waals surface area contributed by atoms with Crippen molar-refractivity contribution in [2.45, 2.75) is 71.6 Å². The van der Waals surface area contributed by atoms with Gasteiger partial charge in [0.05, 0.1) is 6.61 Å². The van der Waals surface area contributed by atoms with E-state index >= 15 is 0 Å². The third kappa shape index (κ3) is 9.90. The second kappa shape index (κ2) is 14.4. The molecule has 0 fully saturated rings. The average molecular weight is 420 g/mol. The predicted octanol–water partition coefficient (Wildman–Crippen LogP) is 4.38. The van der Waals surface area contributed by atoms with Crippen LogP contribution in [-0.4, -0.2) is 60.4 Å². The number of anilines is 1. The zero-order valence-corrected chi connectivity index (χ0v) is 19.0. The van der Waals surface area contributed by atoms with Crippen molar-refractivity contribution in [3.8, 4) is 0 Å². The third-order valence-electron chi connectivity index (χ3n) is 5.71. The number of rotatable bonds is 16. The van der Waals surface area contributed by atoms with Gasteiger partial charge in [-0.05, 0) is 75.6 Å². The Morgan fingerprint density at radius 2 is 2.10 bits per heavy atom. The molecule has 1 aromatic heterocycles. The third-order valence-corrected chi connectivity index (χ3v) is 5.71. The van der Waals surface area contributed by atoms with Crippen LogP contribution in [0.15, 0.2) is 12.1 Å². The summed E-state index contributed by atoms with van der Waals surface area (Å²) < 4.78 is 5.86. The maximum atomic E-state index is 10.8. The van der Waals surface area contributed by atoms with Crippen LogP contribution < -0.4 is 5.32 Å². The first-order valence-corrected chi connectivity index (χ1v) is 11.8. The van der Waals surface area contributed by atoms with Crippen LogP contribution in [0.25, 0.3) is 0 Å². The molecule has 0 radical (unpaired) electrons. The van der Waals surface area contributed by atoms with Gasteiger partial charge in [-0.15, -0.1) is 0 Å². The van der Waals surface area contributed by atoms with Crippen LogP contribution in [0, 0.1) is 5.92 Å². The number of pyridine rings is 1. The zero-order chi connectivity index (χ0) is 21.6. The summed E-state index contributed by atoms with van der Waals surface area (Å²) >= 11 is 0. The van der Waals surface area contributed by atoms with E-state index in [1.54, 1.807) is 0 Å². The summed E-state index contributed by atoms with van der Waals surface area (Å²) in [4.78, 5) is 18.0. The summed E-state index contributed by atoms with van der Waals surface area (Å²) in [5.41, 5.74) is 2.50. The van der Waals surface area contributed by atoms with E-state index in [4.69, 9.17) is 14.8 Å². The van der Waals surface area contributed by atoms with Crippen LogP contribution in [0.2, 0.25) is 0 Å². The van der Waals surface area contributed by atoms with E-state index in [0.29, 0.717) is 12.3 Å². The first kappa shape index (κ1) is 24.6. The molecule has 1 aliphatic heterocycles. The average Bonchev–Trinajstić information content (AvgIpc) is 2.73. The molecule has 6 nitrogen and oxygen atoms in total. The molecule has 0 amide bonds. The fraction of sp³-hybridized carbons (Fsp3) is 0.750. The van der Waals surface area contributed by atoms with Crippen LogP contribution in [0.4, 0.5) is 5.82 Å². The summed E-state index contributed by atoms with van der Waals surface area (Å²) in [7, 11) is 0. The van der Waals surface area contributed by atoms with Gasteiger partial charge in [-0.2, -0.15) is 0 Å². The lowest BCUT2D eigenvalue weighted by Crippen LogP contribution is -2.30. The molecule has 2 rings (SSSR count). The summed E-state index contributed by atoms with van der Waals surface area (Å²) in [5.74, 6) is 0.962. The van der Waals surface area contributed by atoms with Crippen molar-refractivity contribution in [3.63, 3.8) is 0 Å². The Morgan fingerprint density at radius 1 is 1.27 bits per heavy atom. The second-order valence-electron chi connectivity index (χ2n) is 8.61. The maximum absolute atomic E-state index is 10.8. The molecular weight excluding hydrogens is 378 g/mol. The second-order valence-corrected chi connectivity index (χ2v) is 8.61. The molecule has 0 aromatic carbocycles. The van der Waals surface area contributed by atoms with Crippen LogP contribution in [0.5, 0.6) is 0 Å². The zero-order valence-electron chi connectivity index (χ0n) is 19.0. The summed E-state index contributed by atoms with van der Waals surface area (Å²) in [6.07, 6.45) is 8.81. The van der Waals surface area contributed by atoms with E-state index in [-0.39, 0.29) is 6.42 Å². The summed E-state index contributed by atoms with van der Waals surface area (Å²) in [6.45, 7) is 9.68. The number of carboxylic acid groups (broad SMARTS) is 1. The highest BCUT2D eigenvalue weighted by atomic mass is 16.5. The highest BCUT2D eigenvalue weighted by molar-refractivity contribution is 5.66. The van der Waals surface area contributed by atoms with Gasteiger partial charge >= 0.3 is 5.97 Å². The molecule has 1 atom stereocenters. The normalized spacial score (nSPS) is 14.4. The van der Waals surface area contributed by atoms with Crippen molar-refractivity contribution in [3.05, 3.63) is 23.4 Å². The Morgan fingerprint density at radius 3 is 2.90 bits per heavy atom. The number of hydrogen-bond donors (Lipinski definition) is 2. The number of nitrogens with one attached hydrogen (secondary N) is 1. The van der Waals surface area contributed by atoms with E-state index in [1.807, 2.05) is 0 Å². The van der Waals surface area contributed by atoms with Crippen LogP contribution >= 0.6 is 0 Å². The van der Waals surface area contributed by atoms with Crippen molar-refractivity contribution in [1.29, 1.82) is 0 Å². The number of aromatic nitrogens is 1. The van der Waals surface area contributed by atoms with Gasteiger partial charge < -0.3 is 20.1 Å². The highest BCUT2D eigenvalue weighted by Crippen LogP contribution is 2.20. The number of aryl methyl sites for hydroxylation is 2. The molecule has 1 unspecified atom stereocenters. The first-order valence-electron chi connectivity index (χ1n) is 11.8. The first-order chi connectivity index (χ1) is 14.6. The minimum Gasteiger partial charge on any atom is -0.481 e. The molecule has 6 heteroatoms. The van der Waals surface area contributed by atoms with Crippen molar-refractivity contribution >= 4 is 11.8 Å². The maximum Gasteiger partial charge on any atom is 0.303 e. The molecule has 30 heavy (non-hydrogen) atoms.